The number of likely N-dealkylation sites (N-methyl/N-ethyl adjacent to an activating group) is 1. The molecule has 1 aliphatic heterocycles. The number of halogens is 1. The van der Waals surface area contributed by atoms with Crippen LogP contribution in [0.5, 0.6) is 0 Å². The van der Waals surface area contributed by atoms with Gasteiger partial charge in [0.25, 0.3) is 0 Å². The van der Waals surface area contributed by atoms with Crippen molar-refractivity contribution in [3.05, 3.63) is 60.8 Å². The van der Waals surface area contributed by atoms with Crippen LogP contribution < -0.4 is 4.90 Å². The fourth-order valence-electron chi connectivity index (χ4n) is 3.95. The molecule has 1 aromatic carbocycles. The Morgan fingerprint density at radius 3 is 2.41 bits per heavy atom. The fraction of sp³-hybridized carbons (Fsp3) is 0.348. The Balaban J connectivity index is 1.69. The highest BCUT2D eigenvalue weighted by molar-refractivity contribution is 5.91. The number of aryl methyl sites for hydroxylation is 1. The van der Waals surface area contributed by atoms with Crippen molar-refractivity contribution in [3.8, 4) is 22.3 Å². The first kappa shape index (κ1) is 19.6. The molecule has 1 fully saturated rings. The van der Waals surface area contributed by atoms with Crippen molar-refractivity contribution in [1.29, 1.82) is 0 Å². The number of ether oxygens (including phenoxy) is 1. The van der Waals surface area contributed by atoms with E-state index >= 15 is 0 Å². The van der Waals surface area contributed by atoms with Gasteiger partial charge in [0.2, 0.25) is 0 Å². The van der Waals surface area contributed by atoms with Crippen molar-refractivity contribution < 1.29 is 9.13 Å². The van der Waals surface area contributed by atoms with Crippen molar-refractivity contribution in [3.63, 3.8) is 0 Å². The molecule has 152 valence electrons. The van der Waals surface area contributed by atoms with Crippen molar-refractivity contribution >= 4 is 5.82 Å². The Kier molecular flexibility index (Phi) is 5.92. The highest BCUT2D eigenvalue weighted by Crippen LogP contribution is 2.40. The van der Waals surface area contributed by atoms with E-state index in [1.54, 1.807) is 0 Å². The quantitative estimate of drug-likeness (QED) is 0.639. The van der Waals surface area contributed by atoms with Crippen LogP contribution in [0.4, 0.5) is 10.2 Å². The molecule has 0 N–H and O–H groups in total. The summed E-state index contributed by atoms with van der Waals surface area (Å²) in [7, 11) is 4.20. The number of rotatable bonds is 6. The van der Waals surface area contributed by atoms with Gasteiger partial charge in [0.1, 0.15) is 11.6 Å². The van der Waals surface area contributed by atoms with Gasteiger partial charge >= 0.3 is 0 Å². The van der Waals surface area contributed by atoms with Crippen molar-refractivity contribution in [1.82, 2.24) is 14.5 Å². The molecule has 1 saturated heterocycles. The summed E-state index contributed by atoms with van der Waals surface area (Å²) in [6.07, 6.45) is 5.76. The van der Waals surface area contributed by atoms with Crippen LogP contribution in [0.2, 0.25) is 0 Å². The van der Waals surface area contributed by atoms with Gasteiger partial charge in [-0.3, -0.25) is 9.88 Å². The molecule has 2 aromatic heterocycles. The van der Waals surface area contributed by atoms with Crippen molar-refractivity contribution in [2.75, 3.05) is 51.3 Å². The van der Waals surface area contributed by atoms with Gasteiger partial charge in [-0.15, -0.1) is 0 Å². The number of anilines is 1. The lowest BCUT2D eigenvalue weighted by molar-refractivity contribution is 0.0392. The Labute approximate surface area is 171 Å². The van der Waals surface area contributed by atoms with Crippen LogP contribution in [-0.4, -0.2) is 60.9 Å². The minimum Gasteiger partial charge on any atom is -0.379 e. The molecule has 0 spiro atoms. The third-order valence-electron chi connectivity index (χ3n) is 5.49. The maximum atomic E-state index is 13.5. The second-order valence-corrected chi connectivity index (χ2v) is 7.47. The third kappa shape index (κ3) is 4.33. The van der Waals surface area contributed by atoms with E-state index in [2.05, 4.69) is 39.6 Å². The smallest absolute Gasteiger partial charge is 0.123 e. The summed E-state index contributed by atoms with van der Waals surface area (Å²) in [5.41, 5.74) is 4.34. The zero-order valence-electron chi connectivity index (χ0n) is 17.0. The monoisotopic (exact) mass is 394 g/mol. The van der Waals surface area contributed by atoms with Crippen LogP contribution in [0.1, 0.15) is 0 Å². The molecule has 0 amide bonds. The fourth-order valence-corrected chi connectivity index (χ4v) is 3.95. The molecule has 3 heterocycles. The van der Waals surface area contributed by atoms with E-state index in [0.29, 0.717) is 0 Å². The standard InChI is InChI=1S/C23H27FN4O/c1-26(11-12-28-13-15-29-16-14-28)23-22(19-7-9-25-10-8-19)21(17-27(23)2)18-3-5-20(24)6-4-18/h3-10,17H,11-16H2,1-2H3. The van der Waals surface area contributed by atoms with Gasteiger partial charge in [0.15, 0.2) is 0 Å². The van der Waals surface area contributed by atoms with Crippen LogP contribution in [0.3, 0.4) is 0 Å². The SMILES string of the molecule is CN(CCN1CCOCC1)c1c(-c2ccncc2)c(-c2ccc(F)cc2)cn1C. The van der Waals surface area contributed by atoms with Gasteiger partial charge in [0, 0.05) is 70.0 Å². The first-order valence-electron chi connectivity index (χ1n) is 10.0. The Morgan fingerprint density at radius 2 is 1.72 bits per heavy atom. The lowest BCUT2D eigenvalue weighted by atomic mass is 9.99. The molecule has 1 aliphatic rings. The molecular formula is C23H27FN4O. The number of pyridine rings is 1. The summed E-state index contributed by atoms with van der Waals surface area (Å²) < 4.78 is 21.1. The molecular weight excluding hydrogens is 367 g/mol. The lowest BCUT2D eigenvalue weighted by Crippen LogP contribution is -2.41. The van der Waals surface area contributed by atoms with E-state index in [1.165, 1.54) is 12.1 Å². The minimum absolute atomic E-state index is 0.224. The van der Waals surface area contributed by atoms with Gasteiger partial charge < -0.3 is 14.2 Å². The van der Waals surface area contributed by atoms with E-state index in [4.69, 9.17) is 4.74 Å². The second kappa shape index (κ2) is 8.76. The van der Waals surface area contributed by atoms with Crippen LogP contribution in [0.15, 0.2) is 55.0 Å². The lowest BCUT2D eigenvalue weighted by Gasteiger charge is -2.30. The Bertz CT molecular complexity index is 934. The summed E-state index contributed by atoms with van der Waals surface area (Å²) in [4.78, 5) is 8.92. The van der Waals surface area contributed by atoms with E-state index in [9.17, 15) is 4.39 Å². The third-order valence-corrected chi connectivity index (χ3v) is 5.49. The highest BCUT2D eigenvalue weighted by atomic mass is 19.1. The highest BCUT2D eigenvalue weighted by Gasteiger charge is 2.21. The molecule has 5 nitrogen and oxygen atoms in total. The molecule has 0 radical (unpaired) electrons. The summed E-state index contributed by atoms with van der Waals surface area (Å²) >= 11 is 0. The van der Waals surface area contributed by atoms with Crippen LogP contribution >= 0.6 is 0 Å². The molecule has 0 bridgehead atoms. The number of hydrogen-bond acceptors (Lipinski definition) is 4. The summed E-state index contributed by atoms with van der Waals surface area (Å²) in [6, 6.07) is 10.8. The zero-order chi connectivity index (χ0) is 20.2. The minimum atomic E-state index is -0.224. The normalized spacial score (nSPS) is 14.9. The maximum absolute atomic E-state index is 13.5. The predicted molar refractivity (Wildman–Crippen MR) is 115 cm³/mol. The maximum Gasteiger partial charge on any atom is 0.123 e. The van der Waals surface area contributed by atoms with Crippen LogP contribution in [0.25, 0.3) is 22.3 Å². The predicted octanol–water partition coefficient (Wildman–Crippen LogP) is 3.66. The van der Waals surface area contributed by atoms with Gasteiger partial charge in [-0.25, -0.2) is 4.39 Å². The number of hydrogen-bond donors (Lipinski definition) is 0. The molecule has 29 heavy (non-hydrogen) atoms. The first-order chi connectivity index (χ1) is 14.1. The average molecular weight is 394 g/mol. The zero-order valence-corrected chi connectivity index (χ0v) is 17.0. The summed E-state index contributed by atoms with van der Waals surface area (Å²) in [5.74, 6) is 0.918. The summed E-state index contributed by atoms with van der Waals surface area (Å²) in [5, 5.41) is 0. The van der Waals surface area contributed by atoms with Gasteiger partial charge in [-0.1, -0.05) is 12.1 Å². The first-order valence-corrected chi connectivity index (χ1v) is 10.0. The molecule has 0 saturated carbocycles. The van der Waals surface area contributed by atoms with Crippen LogP contribution in [-0.2, 0) is 11.8 Å². The number of benzene rings is 1. The number of aromatic nitrogens is 2. The van der Waals surface area contributed by atoms with E-state index in [0.717, 1.165) is 67.5 Å². The van der Waals surface area contributed by atoms with Crippen LogP contribution in [0, 0.1) is 5.82 Å². The van der Waals surface area contributed by atoms with E-state index < -0.39 is 0 Å². The average Bonchev–Trinajstić information content (AvgIpc) is 3.11. The number of nitrogens with zero attached hydrogens (tertiary/aromatic N) is 4. The van der Waals surface area contributed by atoms with Gasteiger partial charge in [-0.2, -0.15) is 0 Å². The van der Waals surface area contributed by atoms with Gasteiger partial charge in [-0.05, 0) is 35.4 Å². The Hall–Kier alpha value is -2.70. The number of morpholine rings is 1. The molecule has 6 heteroatoms. The molecule has 0 atom stereocenters. The van der Waals surface area contributed by atoms with Crippen molar-refractivity contribution in [2.45, 2.75) is 0 Å². The molecule has 3 aromatic rings. The largest absolute Gasteiger partial charge is 0.379 e. The summed E-state index contributed by atoms with van der Waals surface area (Å²) in [6.45, 7) is 5.50. The molecule has 0 unspecified atom stereocenters. The second-order valence-electron chi connectivity index (χ2n) is 7.47. The molecule has 0 aliphatic carbocycles. The van der Waals surface area contributed by atoms with Crippen molar-refractivity contribution in [2.24, 2.45) is 7.05 Å². The topological polar surface area (TPSA) is 33.5 Å². The van der Waals surface area contributed by atoms with E-state index in [-0.39, 0.29) is 5.82 Å². The van der Waals surface area contributed by atoms with E-state index in [1.807, 2.05) is 36.7 Å². The Morgan fingerprint density at radius 1 is 1.03 bits per heavy atom. The molecule has 4 rings (SSSR count). The van der Waals surface area contributed by atoms with Gasteiger partial charge in [0.05, 0.1) is 13.2 Å².